The van der Waals surface area contributed by atoms with Gasteiger partial charge in [-0.1, -0.05) is 6.07 Å². The normalized spacial score (nSPS) is 10.5. The van der Waals surface area contributed by atoms with E-state index in [9.17, 15) is 4.79 Å². The van der Waals surface area contributed by atoms with Crippen molar-refractivity contribution in [1.29, 1.82) is 0 Å². The molecule has 0 saturated carbocycles. The van der Waals surface area contributed by atoms with Gasteiger partial charge in [0.15, 0.2) is 12.4 Å². The number of carbonyl (C=O) groups excluding carboxylic acids is 1. The Bertz CT molecular complexity index is 645. The van der Waals surface area contributed by atoms with Crippen LogP contribution in [0.5, 0.6) is 5.75 Å². The van der Waals surface area contributed by atoms with Gasteiger partial charge in [0, 0.05) is 10.5 Å². The molecule has 0 aromatic heterocycles. The second-order valence-electron chi connectivity index (χ2n) is 5.14. The smallest absolute Gasteiger partial charge is 0.200 e. The lowest BCUT2D eigenvalue weighted by Crippen LogP contribution is -2.13. The van der Waals surface area contributed by atoms with Crippen LogP contribution in [0.15, 0.2) is 41.3 Å². The van der Waals surface area contributed by atoms with Gasteiger partial charge < -0.3 is 4.74 Å². The monoisotopic (exact) mass is 300 g/mol. The van der Waals surface area contributed by atoms with Crippen LogP contribution in [0.1, 0.15) is 27.0 Å². The molecule has 2 aromatic carbocycles. The molecule has 0 fully saturated rings. The third-order valence-electron chi connectivity index (χ3n) is 3.57. The van der Waals surface area contributed by atoms with Crippen LogP contribution >= 0.6 is 11.8 Å². The number of hydrogen-bond donors (Lipinski definition) is 0. The van der Waals surface area contributed by atoms with E-state index in [2.05, 4.69) is 13.0 Å². The van der Waals surface area contributed by atoms with Crippen molar-refractivity contribution in [2.24, 2.45) is 0 Å². The Morgan fingerprint density at radius 1 is 1.00 bits per heavy atom. The summed E-state index contributed by atoms with van der Waals surface area (Å²) in [5.41, 5.74) is 4.09. The van der Waals surface area contributed by atoms with Crippen LogP contribution in [0.25, 0.3) is 0 Å². The fourth-order valence-corrected chi connectivity index (χ4v) is 2.57. The largest absolute Gasteiger partial charge is 0.485 e. The molecular weight excluding hydrogens is 280 g/mol. The molecule has 0 aliphatic heterocycles. The van der Waals surface area contributed by atoms with Gasteiger partial charge in [-0.15, -0.1) is 11.8 Å². The van der Waals surface area contributed by atoms with Gasteiger partial charge in [-0.25, -0.2) is 0 Å². The number of ether oxygens (including phenoxy) is 1. The Morgan fingerprint density at radius 2 is 1.62 bits per heavy atom. The predicted octanol–water partition coefficient (Wildman–Crippen LogP) is 4.60. The number of benzene rings is 2. The lowest BCUT2D eigenvalue weighted by Gasteiger charge is -2.10. The summed E-state index contributed by atoms with van der Waals surface area (Å²) in [5, 5.41) is 0. The second kappa shape index (κ2) is 6.81. The van der Waals surface area contributed by atoms with Crippen molar-refractivity contribution in [3.05, 3.63) is 58.7 Å². The number of aryl methyl sites for hydroxylation is 3. The highest BCUT2D eigenvalue weighted by atomic mass is 32.2. The van der Waals surface area contributed by atoms with Crippen LogP contribution in [0.4, 0.5) is 0 Å². The molecule has 0 aliphatic rings. The maximum Gasteiger partial charge on any atom is 0.200 e. The Balaban J connectivity index is 2.06. The number of rotatable bonds is 5. The van der Waals surface area contributed by atoms with Gasteiger partial charge in [-0.2, -0.15) is 0 Å². The van der Waals surface area contributed by atoms with Gasteiger partial charge >= 0.3 is 0 Å². The molecule has 0 atom stereocenters. The molecule has 0 N–H and O–H groups in total. The minimum Gasteiger partial charge on any atom is -0.485 e. The number of hydrogen-bond acceptors (Lipinski definition) is 3. The highest BCUT2D eigenvalue weighted by Gasteiger charge is 2.11. The molecule has 0 unspecified atom stereocenters. The van der Waals surface area contributed by atoms with E-state index in [-0.39, 0.29) is 12.4 Å². The number of thioether (sulfide) groups is 1. The van der Waals surface area contributed by atoms with E-state index in [4.69, 9.17) is 4.74 Å². The molecule has 2 rings (SSSR count). The zero-order valence-corrected chi connectivity index (χ0v) is 13.7. The van der Waals surface area contributed by atoms with Crippen molar-refractivity contribution in [2.75, 3.05) is 12.9 Å². The number of carbonyl (C=O) groups is 1. The van der Waals surface area contributed by atoms with Crippen molar-refractivity contribution in [3.8, 4) is 5.75 Å². The first kappa shape index (κ1) is 15.6. The lowest BCUT2D eigenvalue weighted by molar-refractivity contribution is 0.0921. The molecule has 0 radical (unpaired) electrons. The SMILES string of the molecule is CSc1ccc(OCC(=O)c2cc(C)c(C)cc2C)cc1. The molecule has 2 aromatic rings. The Kier molecular flexibility index (Phi) is 5.07. The summed E-state index contributed by atoms with van der Waals surface area (Å²) in [4.78, 5) is 13.5. The molecule has 0 amide bonds. The predicted molar refractivity (Wildman–Crippen MR) is 88.7 cm³/mol. The van der Waals surface area contributed by atoms with Gasteiger partial charge in [0.1, 0.15) is 5.75 Å². The molecule has 0 saturated heterocycles. The number of ketones is 1. The molecule has 0 spiro atoms. The van der Waals surface area contributed by atoms with E-state index in [1.165, 1.54) is 10.5 Å². The van der Waals surface area contributed by atoms with Crippen LogP contribution < -0.4 is 4.74 Å². The Hall–Kier alpha value is -1.74. The standard InChI is InChI=1S/C18H20O2S/c1-12-9-14(3)17(10-13(12)2)18(19)11-20-15-5-7-16(21-4)8-6-15/h5-10H,11H2,1-4H3. The van der Waals surface area contributed by atoms with Gasteiger partial charge in [0.25, 0.3) is 0 Å². The molecule has 21 heavy (non-hydrogen) atoms. The van der Waals surface area contributed by atoms with Crippen molar-refractivity contribution >= 4 is 17.5 Å². The van der Waals surface area contributed by atoms with E-state index in [0.717, 1.165) is 22.4 Å². The van der Waals surface area contributed by atoms with Crippen molar-refractivity contribution in [1.82, 2.24) is 0 Å². The maximum absolute atomic E-state index is 12.3. The number of Topliss-reactive ketones (excluding diaryl/α,β-unsaturated/α-hetero) is 1. The molecule has 110 valence electrons. The van der Waals surface area contributed by atoms with E-state index >= 15 is 0 Å². The molecule has 3 heteroatoms. The molecule has 2 nitrogen and oxygen atoms in total. The third-order valence-corrected chi connectivity index (χ3v) is 4.31. The summed E-state index contributed by atoms with van der Waals surface area (Å²) in [7, 11) is 0. The summed E-state index contributed by atoms with van der Waals surface area (Å²) < 4.78 is 5.59. The van der Waals surface area contributed by atoms with Crippen molar-refractivity contribution in [2.45, 2.75) is 25.7 Å². The topological polar surface area (TPSA) is 26.3 Å². The zero-order valence-electron chi connectivity index (χ0n) is 12.9. The van der Waals surface area contributed by atoms with Gasteiger partial charge in [-0.3, -0.25) is 4.79 Å². The highest BCUT2D eigenvalue weighted by molar-refractivity contribution is 7.98. The summed E-state index contributed by atoms with van der Waals surface area (Å²) in [6, 6.07) is 11.8. The van der Waals surface area contributed by atoms with E-state index in [1.807, 2.05) is 50.4 Å². The summed E-state index contributed by atoms with van der Waals surface area (Å²) in [6.45, 7) is 6.11. The van der Waals surface area contributed by atoms with Gasteiger partial charge in [0.2, 0.25) is 0 Å². The molecule has 0 heterocycles. The molecule has 0 aliphatic carbocycles. The lowest BCUT2D eigenvalue weighted by atomic mass is 9.98. The molecular formula is C18H20O2S. The minimum atomic E-state index is 0.0181. The van der Waals surface area contributed by atoms with Gasteiger partial charge in [0.05, 0.1) is 0 Å². The Morgan fingerprint density at radius 3 is 2.24 bits per heavy atom. The fourth-order valence-electron chi connectivity index (χ4n) is 2.16. The minimum absolute atomic E-state index is 0.0181. The first-order valence-electron chi connectivity index (χ1n) is 6.89. The van der Waals surface area contributed by atoms with Crippen LogP contribution in [-0.4, -0.2) is 18.6 Å². The van der Waals surface area contributed by atoms with Gasteiger partial charge in [-0.05, 0) is 74.0 Å². The summed E-state index contributed by atoms with van der Waals surface area (Å²) in [6.07, 6.45) is 2.03. The summed E-state index contributed by atoms with van der Waals surface area (Å²) >= 11 is 1.68. The summed E-state index contributed by atoms with van der Waals surface area (Å²) in [5.74, 6) is 0.743. The van der Waals surface area contributed by atoms with E-state index in [1.54, 1.807) is 11.8 Å². The average molecular weight is 300 g/mol. The van der Waals surface area contributed by atoms with E-state index < -0.39 is 0 Å². The van der Waals surface area contributed by atoms with Crippen LogP contribution in [0.3, 0.4) is 0 Å². The quantitative estimate of drug-likeness (QED) is 0.596. The van der Waals surface area contributed by atoms with Crippen molar-refractivity contribution < 1.29 is 9.53 Å². The maximum atomic E-state index is 12.3. The second-order valence-corrected chi connectivity index (χ2v) is 6.02. The van der Waals surface area contributed by atoms with Crippen LogP contribution in [-0.2, 0) is 0 Å². The average Bonchev–Trinajstić information content (AvgIpc) is 2.49. The highest BCUT2D eigenvalue weighted by Crippen LogP contribution is 2.20. The first-order valence-corrected chi connectivity index (χ1v) is 8.11. The zero-order chi connectivity index (χ0) is 15.4. The van der Waals surface area contributed by atoms with E-state index in [0.29, 0.717) is 0 Å². The van der Waals surface area contributed by atoms with Crippen molar-refractivity contribution in [3.63, 3.8) is 0 Å². The van der Waals surface area contributed by atoms with Crippen LogP contribution in [0, 0.1) is 20.8 Å². The fraction of sp³-hybridized carbons (Fsp3) is 0.278. The van der Waals surface area contributed by atoms with Crippen LogP contribution in [0.2, 0.25) is 0 Å². The first-order chi connectivity index (χ1) is 10.0. The third kappa shape index (κ3) is 3.88. The molecule has 0 bridgehead atoms. The Labute approximate surface area is 130 Å².